The number of nitrogens with zero attached hydrogens (tertiary/aromatic N) is 2. The zero-order chi connectivity index (χ0) is 15.6. The molecule has 0 atom stereocenters. The standard InChI is InChI=1S/C14H14FN3O2S/c1-3-21(19,20)17-13-6-4-10(8-12(13)15)14-7-5-11(9-16)18(14)2/h4-8,17H,3H2,1-2H3. The number of anilines is 1. The van der Waals surface area contributed by atoms with Crippen molar-refractivity contribution in [3.63, 3.8) is 0 Å². The second-order valence-electron chi connectivity index (χ2n) is 4.47. The van der Waals surface area contributed by atoms with E-state index in [-0.39, 0.29) is 11.4 Å². The summed E-state index contributed by atoms with van der Waals surface area (Å²) in [6.45, 7) is 1.47. The van der Waals surface area contributed by atoms with Gasteiger partial charge in [0.15, 0.2) is 0 Å². The van der Waals surface area contributed by atoms with Crippen molar-refractivity contribution in [2.75, 3.05) is 10.5 Å². The third-order valence-electron chi connectivity index (χ3n) is 3.15. The first-order chi connectivity index (χ1) is 9.88. The molecule has 0 radical (unpaired) electrons. The Morgan fingerprint density at radius 3 is 2.57 bits per heavy atom. The van der Waals surface area contributed by atoms with E-state index in [0.717, 1.165) is 0 Å². The molecule has 1 heterocycles. The van der Waals surface area contributed by atoms with Crippen LogP contribution in [0.3, 0.4) is 0 Å². The number of halogens is 1. The van der Waals surface area contributed by atoms with E-state index in [0.29, 0.717) is 17.0 Å². The van der Waals surface area contributed by atoms with E-state index in [1.54, 1.807) is 29.8 Å². The highest BCUT2D eigenvalue weighted by atomic mass is 32.2. The van der Waals surface area contributed by atoms with Crippen molar-refractivity contribution in [3.05, 3.63) is 41.8 Å². The summed E-state index contributed by atoms with van der Waals surface area (Å²) in [6, 6.07) is 9.60. The molecule has 5 nitrogen and oxygen atoms in total. The monoisotopic (exact) mass is 307 g/mol. The SMILES string of the molecule is CCS(=O)(=O)Nc1ccc(-c2ccc(C#N)n2C)cc1F. The van der Waals surface area contributed by atoms with Crippen LogP contribution in [0.2, 0.25) is 0 Å². The minimum atomic E-state index is -3.52. The van der Waals surface area contributed by atoms with Gasteiger partial charge in [-0.15, -0.1) is 0 Å². The minimum Gasteiger partial charge on any atom is -0.335 e. The van der Waals surface area contributed by atoms with E-state index < -0.39 is 15.8 Å². The maximum absolute atomic E-state index is 14.0. The molecule has 0 amide bonds. The summed E-state index contributed by atoms with van der Waals surface area (Å²) in [4.78, 5) is 0. The first kappa shape index (κ1) is 15.1. The number of hydrogen-bond acceptors (Lipinski definition) is 3. The molecular formula is C14H14FN3O2S. The van der Waals surface area contributed by atoms with Crippen molar-refractivity contribution < 1.29 is 12.8 Å². The van der Waals surface area contributed by atoms with Crippen molar-refractivity contribution in [3.8, 4) is 17.3 Å². The van der Waals surface area contributed by atoms with E-state index in [2.05, 4.69) is 4.72 Å². The number of nitrogens with one attached hydrogen (secondary N) is 1. The maximum Gasteiger partial charge on any atom is 0.232 e. The highest BCUT2D eigenvalue weighted by Crippen LogP contribution is 2.26. The molecule has 0 spiro atoms. The lowest BCUT2D eigenvalue weighted by Crippen LogP contribution is -2.15. The van der Waals surface area contributed by atoms with Gasteiger partial charge in [0.05, 0.1) is 11.4 Å². The summed E-state index contributed by atoms with van der Waals surface area (Å²) in [6.07, 6.45) is 0. The van der Waals surface area contributed by atoms with Crippen molar-refractivity contribution in [1.82, 2.24) is 4.57 Å². The third kappa shape index (κ3) is 3.06. The van der Waals surface area contributed by atoms with Crippen LogP contribution in [0, 0.1) is 17.1 Å². The van der Waals surface area contributed by atoms with Crippen molar-refractivity contribution in [2.24, 2.45) is 7.05 Å². The lowest BCUT2D eigenvalue weighted by atomic mass is 10.1. The Bertz CT molecular complexity index is 819. The smallest absolute Gasteiger partial charge is 0.232 e. The number of hydrogen-bond donors (Lipinski definition) is 1. The Labute approximate surface area is 122 Å². The van der Waals surface area contributed by atoms with Gasteiger partial charge in [-0.25, -0.2) is 12.8 Å². The summed E-state index contributed by atoms with van der Waals surface area (Å²) in [5.74, 6) is -0.790. The average molecular weight is 307 g/mol. The van der Waals surface area contributed by atoms with Gasteiger partial charge in [-0.05, 0) is 31.2 Å². The molecule has 0 aliphatic carbocycles. The second kappa shape index (κ2) is 5.58. The molecule has 1 aromatic carbocycles. The van der Waals surface area contributed by atoms with E-state index >= 15 is 0 Å². The molecule has 0 saturated heterocycles. The van der Waals surface area contributed by atoms with E-state index in [1.807, 2.05) is 6.07 Å². The van der Waals surface area contributed by atoms with Crippen LogP contribution in [-0.2, 0) is 17.1 Å². The van der Waals surface area contributed by atoms with Crippen molar-refractivity contribution >= 4 is 15.7 Å². The summed E-state index contributed by atoms with van der Waals surface area (Å²) >= 11 is 0. The van der Waals surface area contributed by atoms with E-state index in [9.17, 15) is 12.8 Å². The Kier molecular flexibility index (Phi) is 4.00. The molecule has 0 saturated carbocycles. The fourth-order valence-corrected chi connectivity index (χ4v) is 2.56. The molecule has 0 bridgehead atoms. The van der Waals surface area contributed by atoms with Crippen LogP contribution in [0.1, 0.15) is 12.6 Å². The highest BCUT2D eigenvalue weighted by molar-refractivity contribution is 7.92. The third-order valence-corrected chi connectivity index (χ3v) is 4.44. The summed E-state index contributed by atoms with van der Waals surface area (Å²) in [7, 11) is -1.81. The topological polar surface area (TPSA) is 74.9 Å². The summed E-state index contributed by atoms with van der Waals surface area (Å²) in [5, 5.41) is 8.91. The van der Waals surface area contributed by atoms with Crippen LogP contribution in [0.4, 0.5) is 10.1 Å². The number of sulfonamides is 1. The van der Waals surface area contributed by atoms with Crippen molar-refractivity contribution in [1.29, 1.82) is 5.26 Å². The van der Waals surface area contributed by atoms with Crippen LogP contribution in [0.5, 0.6) is 0 Å². The van der Waals surface area contributed by atoms with Gasteiger partial charge in [0.25, 0.3) is 0 Å². The largest absolute Gasteiger partial charge is 0.335 e. The predicted molar refractivity (Wildman–Crippen MR) is 78.6 cm³/mol. The highest BCUT2D eigenvalue weighted by Gasteiger charge is 2.13. The first-order valence-corrected chi connectivity index (χ1v) is 7.89. The van der Waals surface area contributed by atoms with Crippen LogP contribution < -0.4 is 4.72 Å². The molecular weight excluding hydrogens is 293 g/mol. The van der Waals surface area contributed by atoms with Gasteiger partial charge < -0.3 is 4.57 Å². The van der Waals surface area contributed by atoms with Gasteiger partial charge in [-0.3, -0.25) is 4.72 Å². The van der Waals surface area contributed by atoms with Crippen LogP contribution in [0.15, 0.2) is 30.3 Å². The number of benzene rings is 1. The minimum absolute atomic E-state index is 0.0877. The van der Waals surface area contributed by atoms with Gasteiger partial charge >= 0.3 is 0 Å². The van der Waals surface area contributed by atoms with Crippen LogP contribution in [0.25, 0.3) is 11.3 Å². The molecule has 21 heavy (non-hydrogen) atoms. The molecule has 0 aliphatic heterocycles. The van der Waals surface area contributed by atoms with Crippen LogP contribution in [-0.4, -0.2) is 18.7 Å². The average Bonchev–Trinajstić information content (AvgIpc) is 2.82. The number of rotatable bonds is 4. The summed E-state index contributed by atoms with van der Waals surface area (Å²) in [5.41, 5.74) is 1.61. The lowest BCUT2D eigenvalue weighted by molar-refractivity contribution is 0.599. The quantitative estimate of drug-likeness (QED) is 0.943. The number of nitriles is 1. The molecule has 0 unspecified atom stereocenters. The van der Waals surface area contributed by atoms with Gasteiger partial charge in [0.1, 0.15) is 17.6 Å². The zero-order valence-electron chi connectivity index (χ0n) is 11.6. The Hall–Kier alpha value is -2.33. The fraction of sp³-hybridized carbons (Fsp3) is 0.214. The molecule has 1 N–H and O–H groups in total. The van der Waals surface area contributed by atoms with E-state index in [4.69, 9.17) is 5.26 Å². The molecule has 0 fully saturated rings. The van der Waals surface area contributed by atoms with Crippen molar-refractivity contribution in [2.45, 2.75) is 6.92 Å². The maximum atomic E-state index is 14.0. The molecule has 0 aliphatic rings. The van der Waals surface area contributed by atoms with Gasteiger partial charge in [0.2, 0.25) is 10.0 Å². The Morgan fingerprint density at radius 2 is 2.05 bits per heavy atom. The normalized spacial score (nSPS) is 11.1. The molecule has 2 rings (SSSR count). The van der Waals surface area contributed by atoms with Gasteiger partial charge in [-0.1, -0.05) is 6.07 Å². The van der Waals surface area contributed by atoms with Gasteiger partial charge in [-0.2, -0.15) is 5.26 Å². The van der Waals surface area contributed by atoms with Crippen LogP contribution >= 0.6 is 0 Å². The lowest BCUT2D eigenvalue weighted by Gasteiger charge is -2.09. The zero-order valence-corrected chi connectivity index (χ0v) is 12.4. The second-order valence-corrected chi connectivity index (χ2v) is 6.49. The fourth-order valence-electron chi connectivity index (χ4n) is 1.91. The summed E-state index contributed by atoms with van der Waals surface area (Å²) < 4.78 is 40.8. The number of aromatic nitrogens is 1. The molecule has 1 aromatic heterocycles. The Balaban J connectivity index is 2.40. The molecule has 110 valence electrons. The van der Waals surface area contributed by atoms with E-state index in [1.165, 1.54) is 19.1 Å². The first-order valence-electron chi connectivity index (χ1n) is 6.24. The molecule has 7 heteroatoms. The predicted octanol–water partition coefficient (Wildman–Crippen LogP) is 2.46. The Morgan fingerprint density at radius 1 is 1.33 bits per heavy atom. The molecule has 2 aromatic rings. The van der Waals surface area contributed by atoms with Gasteiger partial charge in [0, 0.05) is 18.3 Å².